The summed E-state index contributed by atoms with van der Waals surface area (Å²) >= 11 is 0. The molecule has 0 bridgehead atoms. The van der Waals surface area contributed by atoms with Gasteiger partial charge in [0.05, 0.1) is 0 Å². The van der Waals surface area contributed by atoms with Crippen LogP contribution in [0, 0.1) is 23.7 Å². The van der Waals surface area contributed by atoms with Gasteiger partial charge in [-0.15, -0.1) is 0 Å². The van der Waals surface area contributed by atoms with Crippen molar-refractivity contribution < 1.29 is 8.78 Å². The first-order valence-electron chi connectivity index (χ1n) is 11.5. The Morgan fingerprint density at radius 2 is 1.12 bits per heavy atom. The second-order valence-corrected chi connectivity index (χ2v) is 9.05. The maximum Gasteiger partial charge on any atom is 0.241 e. The molecule has 0 aromatic rings. The predicted octanol–water partition coefficient (Wildman–Crippen LogP) is 8.40. The van der Waals surface area contributed by atoms with Crippen LogP contribution in [0.4, 0.5) is 8.78 Å². The highest BCUT2D eigenvalue weighted by Crippen LogP contribution is 2.43. The van der Waals surface area contributed by atoms with Gasteiger partial charge >= 0.3 is 0 Å². The summed E-state index contributed by atoms with van der Waals surface area (Å²) in [6.07, 6.45) is 20.0. The van der Waals surface area contributed by atoms with Crippen LogP contribution in [0.1, 0.15) is 116 Å². The summed E-state index contributed by atoms with van der Waals surface area (Å²) in [6.45, 7) is 2.28. The Balaban J connectivity index is 1.48. The van der Waals surface area contributed by atoms with Crippen molar-refractivity contribution in [2.45, 2.75) is 123 Å². The van der Waals surface area contributed by atoms with Crippen LogP contribution in [-0.4, -0.2) is 6.43 Å². The van der Waals surface area contributed by atoms with Gasteiger partial charge in [0.15, 0.2) is 0 Å². The summed E-state index contributed by atoms with van der Waals surface area (Å²) in [5, 5.41) is 0. The van der Waals surface area contributed by atoms with Gasteiger partial charge in [-0.1, -0.05) is 77.6 Å². The number of halogens is 2. The smallest absolute Gasteiger partial charge is 0.210 e. The minimum Gasteiger partial charge on any atom is -0.210 e. The average molecular weight is 357 g/mol. The summed E-state index contributed by atoms with van der Waals surface area (Å²) in [5.41, 5.74) is 0. The van der Waals surface area contributed by atoms with Crippen molar-refractivity contribution in [3.63, 3.8) is 0 Å². The molecule has 2 heteroatoms. The molecule has 0 aliphatic heterocycles. The van der Waals surface area contributed by atoms with E-state index in [0.717, 1.165) is 43.4 Å². The first-order valence-corrected chi connectivity index (χ1v) is 11.5. The molecule has 0 spiro atoms. The third-order valence-electron chi connectivity index (χ3n) is 7.20. The number of alkyl halides is 2. The third kappa shape index (κ3) is 7.95. The predicted molar refractivity (Wildman–Crippen MR) is 104 cm³/mol. The van der Waals surface area contributed by atoms with Gasteiger partial charge in [0.25, 0.3) is 0 Å². The molecule has 0 nitrogen and oxygen atoms in total. The number of unbranched alkanes of at least 4 members (excludes halogenated alkanes) is 7. The van der Waals surface area contributed by atoms with E-state index in [-0.39, 0.29) is 5.92 Å². The first-order chi connectivity index (χ1) is 12.2. The highest BCUT2D eigenvalue weighted by Gasteiger charge is 2.33. The van der Waals surface area contributed by atoms with Gasteiger partial charge < -0.3 is 0 Å². The van der Waals surface area contributed by atoms with Crippen molar-refractivity contribution in [1.29, 1.82) is 0 Å². The van der Waals surface area contributed by atoms with Crippen LogP contribution >= 0.6 is 0 Å². The molecule has 0 amide bonds. The van der Waals surface area contributed by atoms with Crippen LogP contribution < -0.4 is 0 Å². The molecule has 0 heterocycles. The van der Waals surface area contributed by atoms with E-state index in [2.05, 4.69) is 6.92 Å². The van der Waals surface area contributed by atoms with Gasteiger partial charge in [-0.3, -0.25) is 0 Å². The van der Waals surface area contributed by atoms with Crippen molar-refractivity contribution in [2.75, 3.05) is 0 Å². The number of hydrogen-bond donors (Lipinski definition) is 0. The number of hydrogen-bond acceptors (Lipinski definition) is 0. The standard InChI is InChI=1S/C23H42F2/c1-2-3-4-5-6-7-8-9-10-19-11-13-20(14-12-19)21-15-17-22(18-16-21)23(24)25/h19-23H,2-18H2,1H3. The third-order valence-corrected chi connectivity index (χ3v) is 7.20. The van der Waals surface area contributed by atoms with Crippen molar-refractivity contribution in [1.82, 2.24) is 0 Å². The Labute approximate surface area is 155 Å². The van der Waals surface area contributed by atoms with Gasteiger partial charge in [0.2, 0.25) is 6.43 Å². The van der Waals surface area contributed by atoms with E-state index < -0.39 is 6.43 Å². The average Bonchev–Trinajstić information content (AvgIpc) is 2.64. The second-order valence-electron chi connectivity index (χ2n) is 9.05. The van der Waals surface area contributed by atoms with E-state index in [4.69, 9.17) is 0 Å². The molecule has 148 valence electrons. The molecule has 0 aromatic heterocycles. The van der Waals surface area contributed by atoms with E-state index in [1.54, 1.807) is 0 Å². The molecule has 0 N–H and O–H groups in total. The molecule has 0 atom stereocenters. The Kier molecular flexibility index (Phi) is 10.4. The maximum absolute atomic E-state index is 12.8. The van der Waals surface area contributed by atoms with E-state index in [1.165, 1.54) is 83.5 Å². The Bertz CT molecular complexity index is 312. The van der Waals surface area contributed by atoms with Crippen LogP contribution in [0.2, 0.25) is 0 Å². The zero-order chi connectivity index (χ0) is 17.9. The molecular weight excluding hydrogens is 314 g/mol. The summed E-state index contributed by atoms with van der Waals surface area (Å²) in [4.78, 5) is 0. The maximum atomic E-state index is 12.8. The van der Waals surface area contributed by atoms with Crippen LogP contribution in [0.25, 0.3) is 0 Å². The minimum atomic E-state index is -2.08. The van der Waals surface area contributed by atoms with Crippen molar-refractivity contribution in [2.24, 2.45) is 23.7 Å². The van der Waals surface area contributed by atoms with E-state index in [0.29, 0.717) is 0 Å². The highest BCUT2D eigenvalue weighted by molar-refractivity contribution is 4.82. The minimum absolute atomic E-state index is 0.297. The van der Waals surface area contributed by atoms with Crippen molar-refractivity contribution in [3.05, 3.63) is 0 Å². The van der Waals surface area contributed by atoms with Crippen LogP contribution in [-0.2, 0) is 0 Å². The Morgan fingerprint density at radius 3 is 1.64 bits per heavy atom. The van der Waals surface area contributed by atoms with E-state index in [9.17, 15) is 8.78 Å². The highest BCUT2D eigenvalue weighted by atomic mass is 19.3. The number of rotatable bonds is 11. The summed E-state index contributed by atoms with van der Waals surface area (Å²) in [7, 11) is 0. The molecule has 0 saturated heterocycles. The summed E-state index contributed by atoms with van der Waals surface area (Å²) < 4.78 is 25.6. The molecule has 2 saturated carbocycles. The van der Waals surface area contributed by atoms with Crippen LogP contribution in [0.3, 0.4) is 0 Å². The summed E-state index contributed by atoms with van der Waals surface area (Å²) in [5.74, 6) is 2.29. The molecule has 2 fully saturated rings. The van der Waals surface area contributed by atoms with Crippen LogP contribution in [0.5, 0.6) is 0 Å². The SMILES string of the molecule is CCCCCCCCCCC1CCC(C2CCC(C(F)F)CC2)CC1. The molecule has 0 radical (unpaired) electrons. The van der Waals surface area contributed by atoms with E-state index in [1.807, 2.05) is 0 Å². The quantitative estimate of drug-likeness (QED) is 0.326. The molecule has 2 aliphatic carbocycles. The fourth-order valence-corrected chi connectivity index (χ4v) is 5.38. The van der Waals surface area contributed by atoms with Gasteiger partial charge in [0, 0.05) is 5.92 Å². The Morgan fingerprint density at radius 1 is 0.640 bits per heavy atom. The topological polar surface area (TPSA) is 0 Å². The Hall–Kier alpha value is -0.140. The van der Waals surface area contributed by atoms with Crippen molar-refractivity contribution >= 4 is 0 Å². The zero-order valence-electron chi connectivity index (χ0n) is 16.7. The van der Waals surface area contributed by atoms with Crippen LogP contribution in [0.15, 0.2) is 0 Å². The monoisotopic (exact) mass is 356 g/mol. The van der Waals surface area contributed by atoms with Gasteiger partial charge in [-0.25, -0.2) is 8.78 Å². The first kappa shape index (κ1) is 21.2. The fraction of sp³-hybridized carbons (Fsp3) is 1.00. The largest absolute Gasteiger partial charge is 0.241 e. The molecule has 25 heavy (non-hydrogen) atoms. The lowest BCUT2D eigenvalue weighted by Gasteiger charge is -2.37. The van der Waals surface area contributed by atoms with E-state index >= 15 is 0 Å². The van der Waals surface area contributed by atoms with Gasteiger partial charge in [-0.05, 0) is 56.3 Å². The molecule has 2 rings (SSSR count). The molecule has 2 aliphatic rings. The van der Waals surface area contributed by atoms with Gasteiger partial charge in [-0.2, -0.15) is 0 Å². The summed E-state index contributed by atoms with van der Waals surface area (Å²) in [6, 6.07) is 0. The lowest BCUT2D eigenvalue weighted by Crippen LogP contribution is -2.27. The molecular formula is C23H42F2. The second kappa shape index (κ2) is 12.3. The molecule has 0 aromatic carbocycles. The van der Waals surface area contributed by atoms with Crippen molar-refractivity contribution in [3.8, 4) is 0 Å². The lowest BCUT2D eigenvalue weighted by molar-refractivity contribution is 0.0339. The fourth-order valence-electron chi connectivity index (χ4n) is 5.38. The zero-order valence-corrected chi connectivity index (χ0v) is 16.7. The van der Waals surface area contributed by atoms with Gasteiger partial charge in [0.1, 0.15) is 0 Å². The normalized spacial score (nSPS) is 30.7. The molecule has 0 unspecified atom stereocenters. The lowest BCUT2D eigenvalue weighted by atomic mass is 9.68.